The summed E-state index contributed by atoms with van der Waals surface area (Å²) in [5, 5.41) is 15.2. The van der Waals surface area contributed by atoms with Gasteiger partial charge in [-0.15, -0.1) is 0 Å². The summed E-state index contributed by atoms with van der Waals surface area (Å²) in [5.41, 5.74) is 1.76. The largest absolute Gasteiger partial charge is 0.370 e. The van der Waals surface area contributed by atoms with Crippen LogP contribution in [0.4, 0.5) is 5.82 Å². The molecule has 0 aliphatic heterocycles. The minimum absolute atomic E-state index is 0.403. The van der Waals surface area contributed by atoms with Crippen LogP contribution >= 0.6 is 11.6 Å². The summed E-state index contributed by atoms with van der Waals surface area (Å²) >= 11 is 5.83. The molecule has 0 radical (unpaired) electrons. The normalized spacial score (nSPS) is 10.4. The van der Waals surface area contributed by atoms with E-state index in [9.17, 15) is 5.26 Å². The molecule has 1 aromatic heterocycles. The number of hydrogen-bond donors (Lipinski definition) is 1. The van der Waals surface area contributed by atoms with Crippen LogP contribution in [0, 0.1) is 11.3 Å². The number of nitrogens with zero attached hydrogens (tertiary/aromatic N) is 3. The van der Waals surface area contributed by atoms with E-state index in [4.69, 9.17) is 11.6 Å². The van der Waals surface area contributed by atoms with Crippen molar-refractivity contribution >= 4 is 28.2 Å². The molecule has 0 aliphatic carbocycles. The molecule has 5 heteroatoms. The summed E-state index contributed by atoms with van der Waals surface area (Å²) < 4.78 is 0. The molecule has 0 saturated heterocycles. The van der Waals surface area contributed by atoms with Gasteiger partial charge in [0.15, 0.2) is 0 Å². The zero-order chi connectivity index (χ0) is 15.4. The van der Waals surface area contributed by atoms with Gasteiger partial charge in [-0.3, -0.25) is 0 Å². The van der Waals surface area contributed by atoms with Crippen molar-refractivity contribution < 1.29 is 0 Å². The Morgan fingerprint density at radius 1 is 1.14 bits per heavy atom. The molecule has 0 amide bonds. The number of benzene rings is 2. The second-order valence-electron chi connectivity index (χ2n) is 4.83. The Morgan fingerprint density at radius 2 is 2.00 bits per heavy atom. The smallest absolute Gasteiger partial charge is 0.134 e. The molecule has 0 aliphatic rings. The Kier molecular flexibility index (Phi) is 4.17. The molecular weight excluding hydrogens is 296 g/mol. The third kappa shape index (κ3) is 3.00. The average molecular weight is 309 g/mol. The predicted octanol–water partition coefficient (Wildman–Crippen LogP) is 3.81. The molecule has 4 nitrogen and oxygen atoms in total. The Hall–Kier alpha value is -2.64. The number of nitrogens with one attached hydrogen (secondary N) is 1. The van der Waals surface area contributed by atoms with Crippen molar-refractivity contribution in [1.82, 2.24) is 9.97 Å². The fourth-order valence-electron chi connectivity index (χ4n) is 2.46. The minimum atomic E-state index is 0.403. The fourth-order valence-corrected chi connectivity index (χ4v) is 2.60. The molecule has 0 unspecified atom stereocenters. The van der Waals surface area contributed by atoms with Gasteiger partial charge in [0.2, 0.25) is 0 Å². The highest BCUT2D eigenvalue weighted by Gasteiger charge is 2.07. The van der Waals surface area contributed by atoms with Gasteiger partial charge >= 0.3 is 0 Å². The molecule has 0 saturated carbocycles. The first-order valence-electron chi connectivity index (χ1n) is 6.90. The van der Waals surface area contributed by atoms with E-state index in [2.05, 4.69) is 27.4 Å². The van der Waals surface area contributed by atoms with Gasteiger partial charge in [-0.2, -0.15) is 5.26 Å². The van der Waals surface area contributed by atoms with E-state index < -0.39 is 0 Å². The number of nitriles is 1. The standard InChI is InChI=1S/C17H13ClN4/c18-16-9-17(22-11-21-16)20-8-7-15-13(10-19)6-5-12-3-1-2-4-14(12)15/h1-6,9,11H,7-8H2,(H,20,21,22). The van der Waals surface area contributed by atoms with Gasteiger partial charge in [0.25, 0.3) is 0 Å². The molecule has 1 heterocycles. The Balaban J connectivity index is 1.83. The molecule has 108 valence electrons. The first-order valence-corrected chi connectivity index (χ1v) is 7.28. The van der Waals surface area contributed by atoms with Crippen LogP contribution in [0.15, 0.2) is 48.8 Å². The highest BCUT2D eigenvalue weighted by molar-refractivity contribution is 6.29. The second-order valence-corrected chi connectivity index (χ2v) is 5.21. The van der Waals surface area contributed by atoms with Crippen LogP contribution in [0.25, 0.3) is 10.8 Å². The summed E-state index contributed by atoms with van der Waals surface area (Å²) in [6.07, 6.45) is 2.15. The molecule has 22 heavy (non-hydrogen) atoms. The van der Waals surface area contributed by atoms with Crippen LogP contribution in [0.1, 0.15) is 11.1 Å². The number of anilines is 1. The van der Waals surface area contributed by atoms with Gasteiger partial charge in [0.1, 0.15) is 17.3 Å². The summed E-state index contributed by atoms with van der Waals surface area (Å²) in [5.74, 6) is 0.679. The Labute approximate surface area is 133 Å². The third-order valence-electron chi connectivity index (χ3n) is 3.48. The molecule has 2 aromatic carbocycles. The van der Waals surface area contributed by atoms with Gasteiger partial charge in [0.05, 0.1) is 11.6 Å². The van der Waals surface area contributed by atoms with Crippen LogP contribution in [-0.2, 0) is 6.42 Å². The molecule has 0 atom stereocenters. The molecule has 1 N–H and O–H groups in total. The van der Waals surface area contributed by atoms with Crippen molar-refractivity contribution in [2.45, 2.75) is 6.42 Å². The first-order chi connectivity index (χ1) is 10.8. The third-order valence-corrected chi connectivity index (χ3v) is 3.68. The van der Waals surface area contributed by atoms with E-state index in [1.165, 1.54) is 6.33 Å². The van der Waals surface area contributed by atoms with Gasteiger partial charge in [-0.05, 0) is 28.8 Å². The highest BCUT2D eigenvalue weighted by atomic mass is 35.5. The van der Waals surface area contributed by atoms with Gasteiger partial charge in [0, 0.05) is 12.6 Å². The number of halogens is 1. The second kappa shape index (κ2) is 6.42. The van der Waals surface area contributed by atoms with Crippen molar-refractivity contribution in [2.24, 2.45) is 0 Å². The van der Waals surface area contributed by atoms with Crippen molar-refractivity contribution in [3.05, 3.63) is 65.1 Å². The molecule has 0 bridgehead atoms. The molecule has 0 spiro atoms. The first kappa shape index (κ1) is 14.3. The lowest BCUT2D eigenvalue weighted by Gasteiger charge is -2.10. The number of fused-ring (bicyclic) bond motifs is 1. The number of hydrogen-bond acceptors (Lipinski definition) is 4. The van der Waals surface area contributed by atoms with Crippen molar-refractivity contribution in [1.29, 1.82) is 5.26 Å². The molecule has 0 fully saturated rings. The Bertz CT molecular complexity index is 855. The van der Waals surface area contributed by atoms with E-state index in [-0.39, 0.29) is 0 Å². The van der Waals surface area contributed by atoms with Crippen LogP contribution in [0.5, 0.6) is 0 Å². The minimum Gasteiger partial charge on any atom is -0.370 e. The maximum absolute atomic E-state index is 9.32. The lowest BCUT2D eigenvalue weighted by atomic mass is 9.97. The summed E-state index contributed by atoms with van der Waals surface area (Å²) in [4.78, 5) is 7.95. The van der Waals surface area contributed by atoms with Gasteiger partial charge < -0.3 is 5.32 Å². The predicted molar refractivity (Wildman–Crippen MR) is 87.9 cm³/mol. The van der Waals surface area contributed by atoms with E-state index in [1.807, 2.05) is 30.3 Å². The SMILES string of the molecule is N#Cc1ccc2ccccc2c1CCNc1cc(Cl)ncn1. The molecule has 3 aromatic rings. The zero-order valence-corrected chi connectivity index (χ0v) is 12.5. The van der Waals surface area contributed by atoms with E-state index in [0.717, 1.165) is 22.8 Å². The molecular formula is C17H13ClN4. The summed E-state index contributed by atoms with van der Waals surface area (Å²) in [6.45, 7) is 0.663. The maximum atomic E-state index is 9.32. The quantitative estimate of drug-likeness (QED) is 0.744. The van der Waals surface area contributed by atoms with Crippen LogP contribution in [-0.4, -0.2) is 16.5 Å². The number of aromatic nitrogens is 2. The van der Waals surface area contributed by atoms with Crippen molar-refractivity contribution in [3.63, 3.8) is 0 Å². The fraction of sp³-hybridized carbons (Fsp3) is 0.118. The van der Waals surface area contributed by atoms with E-state index in [1.54, 1.807) is 6.07 Å². The lowest BCUT2D eigenvalue weighted by Crippen LogP contribution is -2.08. The average Bonchev–Trinajstić information content (AvgIpc) is 2.55. The highest BCUT2D eigenvalue weighted by Crippen LogP contribution is 2.22. The molecule has 3 rings (SSSR count). The summed E-state index contributed by atoms with van der Waals surface area (Å²) in [6, 6.07) is 15.9. The lowest BCUT2D eigenvalue weighted by molar-refractivity contribution is 1.00. The van der Waals surface area contributed by atoms with Crippen molar-refractivity contribution in [2.75, 3.05) is 11.9 Å². The van der Waals surface area contributed by atoms with Gasteiger partial charge in [-0.1, -0.05) is 41.9 Å². The van der Waals surface area contributed by atoms with Crippen molar-refractivity contribution in [3.8, 4) is 6.07 Å². The van der Waals surface area contributed by atoms with Crippen LogP contribution in [0.2, 0.25) is 5.15 Å². The van der Waals surface area contributed by atoms with E-state index >= 15 is 0 Å². The Morgan fingerprint density at radius 3 is 2.82 bits per heavy atom. The summed E-state index contributed by atoms with van der Waals surface area (Å²) in [7, 11) is 0. The monoisotopic (exact) mass is 308 g/mol. The number of rotatable bonds is 4. The topological polar surface area (TPSA) is 61.6 Å². The van der Waals surface area contributed by atoms with Crippen LogP contribution < -0.4 is 5.32 Å². The zero-order valence-electron chi connectivity index (χ0n) is 11.8. The maximum Gasteiger partial charge on any atom is 0.134 e. The van der Waals surface area contributed by atoms with E-state index in [0.29, 0.717) is 23.1 Å². The van der Waals surface area contributed by atoms with Gasteiger partial charge in [-0.25, -0.2) is 9.97 Å². The van der Waals surface area contributed by atoms with Crippen LogP contribution in [0.3, 0.4) is 0 Å².